The number of pyridine rings is 1. The summed E-state index contributed by atoms with van der Waals surface area (Å²) in [5.74, 6) is 0.857. The summed E-state index contributed by atoms with van der Waals surface area (Å²) in [6, 6.07) is 1.59. The molecule has 18 heavy (non-hydrogen) atoms. The third kappa shape index (κ3) is 5.29. The molecule has 0 spiro atoms. The van der Waals surface area contributed by atoms with Gasteiger partial charge in [-0.2, -0.15) is 0 Å². The number of rotatable bonds is 7. The van der Waals surface area contributed by atoms with Gasteiger partial charge in [0.05, 0.1) is 16.1 Å². The van der Waals surface area contributed by atoms with Crippen LogP contribution in [0.25, 0.3) is 0 Å². The van der Waals surface area contributed by atoms with Crippen molar-refractivity contribution in [3.63, 3.8) is 0 Å². The topological polar surface area (TPSA) is 60.2 Å². The lowest BCUT2D eigenvalue weighted by Gasteiger charge is -2.10. The molecular formula is C12H19Cl2N3O. The third-order valence-electron chi connectivity index (χ3n) is 2.27. The van der Waals surface area contributed by atoms with Crippen molar-refractivity contribution in [1.82, 2.24) is 4.98 Å². The van der Waals surface area contributed by atoms with Crippen molar-refractivity contribution >= 4 is 34.8 Å². The molecule has 0 fully saturated rings. The third-order valence-corrected chi connectivity index (χ3v) is 2.86. The van der Waals surface area contributed by atoms with E-state index in [1.54, 1.807) is 6.07 Å². The molecule has 102 valence electrons. The molecule has 0 aromatic carbocycles. The highest BCUT2D eigenvalue weighted by atomic mass is 35.5. The molecule has 4 nitrogen and oxygen atoms in total. The smallest absolute Gasteiger partial charge is 0.147 e. The first-order valence-corrected chi connectivity index (χ1v) is 6.73. The number of unbranched alkanes of at least 4 members (excludes halogenated alkanes) is 1. The summed E-state index contributed by atoms with van der Waals surface area (Å²) >= 11 is 11.8. The highest BCUT2D eigenvalue weighted by Crippen LogP contribution is 2.27. The van der Waals surface area contributed by atoms with E-state index in [4.69, 9.17) is 33.7 Å². The van der Waals surface area contributed by atoms with Crippen molar-refractivity contribution in [2.75, 3.05) is 24.2 Å². The van der Waals surface area contributed by atoms with Crippen molar-refractivity contribution < 1.29 is 4.74 Å². The Morgan fingerprint density at radius 1 is 1.33 bits per heavy atom. The zero-order valence-electron chi connectivity index (χ0n) is 10.7. The van der Waals surface area contributed by atoms with Crippen LogP contribution in [-0.4, -0.2) is 24.2 Å². The quantitative estimate of drug-likeness (QED) is 0.754. The minimum Gasteiger partial charge on any atom is -0.382 e. The Morgan fingerprint density at radius 3 is 2.72 bits per heavy atom. The number of anilines is 2. The van der Waals surface area contributed by atoms with Crippen LogP contribution in [0.4, 0.5) is 11.6 Å². The van der Waals surface area contributed by atoms with Crippen LogP contribution in [0.3, 0.4) is 0 Å². The molecular weight excluding hydrogens is 273 g/mol. The number of hydrogen-bond donors (Lipinski definition) is 2. The molecule has 0 bridgehead atoms. The second-order valence-electron chi connectivity index (χ2n) is 4.24. The van der Waals surface area contributed by atoms with Gasteiger partial charge in [0.1, 0.15) is 11.6 Å². The fourth-order valence-electron chi connectivity index (χ4n) is 1.36. The zero-order valence-corrected chi connectivity index (χ0v) is 12.2. The largest absolute Gasteiger partial charge is 0.382 e. The van der Waals surface area contributed by atoms with Crippen LogP contribution in [0, 0.1) is 0 Å². The fraction of sp³-hybridized carbons (Fsp3) is 0.583. The standard InChI is InChI=1S/C12H19Cl2N3O/c1-8(2)18-6-4-3-5-16-12-10(14)7-9(13)11(15)17-12/h7-8H,3-6H2,1-2H3,(H3,15,16,17). The molecule has 0 saturated heterocycles. The molecule has 3 N–H and O–H groups in total. The number of nitrogens with zero attached hydrogens (tertiary/aromatic N) is 1. The second kappa shape index (κ2) is 7.67. The summed E-state index contributed by atoms with van der Waals surface area (Å²) in [7, 11) is 0. The molecule has 0 saturated carbocycles. The van der Waals surface area contributed by atoms with Gasteiger partial charge in [0.15, 0.2) is 0 Å². The number of nitrogen functional groups attached to an aromatic ring is 1. The maximum atomic E-state index is 5.99. The summed E-state index contributed by atoms with van der Waals surface area (Å²) in [5.41, 5.74) is 5.61. The van der Waals surface area contributed by atoms with Gasteiger partial charge in [0, 0.05) is 13.2 Å². The average molecular weight is 292 g/mol. The van der Waals surface area contributed by atoms with Crippen molar-refractivity contribution in [2.45, 2.75) is 32.8 Å². The molecule has 0 atom stereocenters. The van der Waals surface area contributed by atoms with Gasteiger partial charge in [-0.15, -0.1) is 0 Å². The van der Waals surface area contributed by atoms with Crippen molar-refractivity contribution in [3.8, 4) is 0 Å². The molecule has 1 aromatic heterocycles. The van der Waals surface area contributed by atoms with E-state index in [9.17, 15) is 0 Å². The summed E-state index contributed by atoms with van der Waals surface area (Å²) in [5, 5.41) is 3.98. The Hall–Kier alpha value is -0.710. The molecule has 0 amide bonds. The predicted octanol–water partition coefficient (Wildman–Crippen LogP) is 3.59. The van der Waals surface area contributed by atoms with Gasteiger partial charge in [-0.1, -0.05) is 23.2 Å². The van der Waals surface area contributed by atoms with E-state index in [0.29, 0.717) is 15.9 Å². The maximum Gasteiger partial charge on any atom is 0.147 e. The molecule has 0 aliphatic heterocycles. The first-order valence-electron chi connectivity index (χ1n) is 5.97. The first-order chi connectivity index (χ1) is 8.50. The van der Waals surface area contributed by atoms with Gasteiger partial charge < -0.3 is 15.8 Å². The van der Waals surface area contributed by atoms with Crippen LogP contribution < -0.4 is 11.1 Å². The van der Waals surface area contributed by atoms with E-state index in [1.165, 1.54) is 0 Å². The number of nitrogens with one attached hydrogen (secondary N) is 1. The summed E-state index contributed by atoms with van der Waals surface area (Å²) in [6.07, 6.45) is 2.25. The molecule has 0 aliphatic carbocycles. The summed E-state index contributed by atoms with van der Waals surface area (Å²) < 4.78 is 5.45. The second-order valence-corrected chi connectivity index (χ2v) is 5.05. The SMILES string of the molecule is CC(C)OCCCCNc1nc(N)c(Cl)cc1Cl. The van der Waals surface area contributed by atoms with Crippen molar-refractivity contribution in [1.29, 1.82) is 0 Å². The van der Waals surface area contributed by atoms with Crippen LogP contribution in [0.1, 0.15) is 26.7 Å². The fourth-order valence-corrected chi connectivity index (χ4v) is 1.78. The average Bonchev–Trinajstić information content (AvgIpc) is 2.29. The van der Waals surface area contributed by atoms with Crippen LogP contribution in [-0.2, 0) is 4.74 Å². The Balaban J connectivity index is 2.29. The van der Waals surface area contributed by atoms with Gasteiger partial charge in [-0.25, -0.2) is 4.98 Å². The monoisotopic (exact) mass is 291 g/mol. The minimum atomic E-state index is 0.283. The minimum absolute atomic E-state index is 0.283. The molecule has 0 radical (unpaired) electrons. The van der Waals surface area contributed by atoms with E-state index >= 15 is 0 Å². The number of hydrogen-bond acceptors (Lipinski definition) is 4. The van der Waals surface area contributed by atoms with E-state index in [0.717, 1.165) is 26.0 Å². The van der Waals surface area contributed by atoms with Crippen molar-refractivity contribution in [2.24, 2.45) is 0 Å². The zero-order chi connectivity index (χ0) is 13.5. The maximum absolute atomic E-state index is 5.99. The van der Waals surface area contributed by atoms with Crippen molar-refractivity contribution in [3.05, 3.63) is 16.1 Å². The Morgan fingerprint density at radius 2 is 2.06 bits per heavy atom. The summed E-state index contributed by atoms with van der Waals surface area (Å²) in [6.45, 7) is 5.59. The Kier molecular flexibility index (Phi) is 6.54. The molecule has 0 aliphatic rings. The van der Waals surface area contributed by atoms with E-state index in [-0.39, 0.29) is 11.9 Å². The van der Waals surface area contributed by atoms with Crippen LogP contribution in [0.2, 0.25) is 10.0 Å². The van der Waals surface area contributed by atoms with E-state index in [1.807, 2.05) is 13.8 Å². The van der Waals surface area contributed by atoms with Gasteiger partial charge in [0.2, 0.25) is 0 Å². The number of halogens is 2. The highest BCUT2D eigenvalue weighted by Gasteiger charge is 2.06. The van der Waals surface area contributed by atoms with Gasteiger partial charge >= 0.3 is 0 Å². The first kappa shape index (κ1) is 15.3. The van der Waals surface area contributed by atoms with Crippen LogP contribution in [0.15, 0.2) is 6.07 Å². The lowest BCUT2D eigenvalue weighted by atomic mass is 10.3. The van der Waals surface area contributed by atoms with Gasteiger partial charge in [-0.05, 0) is 32.8 Å². The Labute approximate surface area is 118 Å². The highest BCUT2D eigenvalue weighted by molar-refractivity contribution is 6.37. The van der Waals surface area contributed by atoms with E-state index < -0.39 is 0 Å². The molecule has 1 aromatic rings. The number of aromatic nitrogens is 1. The van der Waals surface area contributed by atoms with Crippen LogP contribution in [0.5, 0.6) is 0 Å². The van der Waals surface area contributed by atoms with Gasteiger partial charge in [-0.3, -0.25) is 0 Å². The summed E-state index contributed by atoms with van der Waals surface area (Å²) in [4.78, 5) is 4.09. The van der Waals surface area contributed by atoms with E-state index in [2.05, 4.69) is 10.3 Å². The van der Waals surface area contributed by atoms with Gasteiger partial charge in [0.25, 0.3) is 0 Å². The Bertz CT molecular complexity index is 386. The normalized spacial score (nSPS) is 10.9. The number of ether oxygens (including phenoxy) is 1. The molecule has 1 heterocycles. The predicted molar refractivity (Wildman–Crippen MR) is 77.5 cm³/mol. The molecule has 6 heteroatoms. The lowest BCUT2D eigenvalue weighted by molar-refractivity contribution is 0.0765. The molecule has 0 unspecified atom stereocenters. The number of nitrogens with two attached hydrogens (primary N) is 1. The molecule has 1 rings (SSSR count). The van der Waals surface area contributed by atoms with Crippen LogP contribution >= 0.6 is 23.2 Å². The lowest BCUT2D eigenvalue weighted by Crippen LogP contribution is -2.08.